The van der Waals surface area contributed by atoms with Crippen LogP contribution in [0.3, 0.4) is 0 Å². The molecule has 0 aliphatic carbocycles. The third-order valence-corrected chi connectivity index (χ3v) is 2.98. The minimum Gasteiger partial charge on any atom is -0.465 e. The van der Waals surface area contributed by atoms with E-state index in [1.165, 1.54) is 0 Å². The Bertz CT molecular complexity index is 271. The molecule has 0 amide bonds. The van der Waals surface area contributed by atoms with Crippen LogP contribution in [0.1, 0.15) is 13.3 Å². The van der Waals surface area contributed by atoms with E-state index in [2.05, 4.69) is 9.46 Å². The highest BCUT2D eigenvalue weighted by Crippen LogP contribution is 2.08. The lowest BCUT2D eigenvalue weighted by molar-refractivity contribution is -0.144. The number of carbonyl (C=O) groups excluding carboxylic acids is 1. The molecular weight excluding hydrogens is 182 g/mol. The summed E-state index contributed by atoms with van der Waals surface area (Å²) in [5.41, 5.74) is 0. The number of esters is 1. The first kappa shape index (κ1) is 9.47. The zero-order valence-electron chi connectivity index (χ0n) is 6.74. The molecule has 1 aliphatic heterocycles. The molecule has 0 bridgehead atoms. The molecule has 6 heteroatoms. The monoisotopic (exact) mass is 193 g/mol. The van der Waals surface area contributed by atoms with E-state index in [0.717, 1.165) is 0 Å². The van der Waals surface area contributed by atoms with Gasteiger partial charge in [0.1, 0.15) is 6.04 Å². The average molecular weight is 193 g/mol. The van der Waals surface area contributed by atoms with Crippen molar-refractivity contribution in [3.05, 3.63) is 0 Å². The molecule has 0 aromatic heterocycles. The lowest BCUT2D eigenvalue weighted by Crippen LogP contribution is -2.34. The Kier molecular flexibility index (Phi) is 2.69. The summed E-state index contributed by atoms with van der Waals surface area (Å²) in [6.07, 6.45) is 0.307. The first-order valence-corrected chi connectivity index (χ1v) is 5.37. The van der Waals surface area contributed by atoms with E-state index >= 15 is 0 Å². The molecule has 1 rings (SSSR count). The SMILES string of the molecule is CCOC(=O)[C@@H]1CCS(=O)(=O)N1. The van der Waals surface area contributed by atoms with E-state index in [-0.39, 0.29) is 12.4 Å². The summed E-state index contributed by atoms with van der Waals surface area (Å²) >= 11 is 0. The molecule has 0 spiro atoms. The van der Waals surface area contributed by atoms with Crippen LogP contribution >= 0.6 is 0 Å². The highest BCUT2D eigenvalue weighted by atomic mass is 32.2. The average Bonchev–Trinajstić information content (AvgIpc) is 2.31. The first-order chi connectivity index (χ1) is 5.55. The first-order valence-electron chi connectivity index (χ1n) is 3.72. The van der Waals surface area contributed by atoms with Gasteiger partial charge in [0.25, 0.3) is 0 Å². The Morgan fingerprint density at radius 2 is 2.33 bits per heavy atom. The van der Waals surface area contributed by atoms with Crippen molar-refractivity contribution in [3.63, 3.8) is 0 Å². The van der Waals surface area contributed by atoms with Gasteiger partial charge < -0.3 is 4.74 Å². The number of carbonyl (C=O) groups is 1. The van der Waals surface area contributed by atoms with Crippen LogP contribution in [0.15, 0.2) is 0 Å². The summed E-state index contributed by atoms with van der Waals surface area (Å²) in [5.74, 6) is -0.477. The van der Waals surface area contributed by atoms with Gasteiger partial charge in [-0.15, -0.1) is 0 Å². The predicted octanol–water partition coefficient (Wildman–Crippen LogP) is -0.759. The second-order valence-electron chi connectivity index (χ2n) is 2.53. The smallest absolute Gasteiger partial charge is 0.324 e. The second-order valence-corrected chi connectivity index (χ2v) is 4.40. The highest BCUT2D eigenvalue weighted by Gasteiger charge is 2.32. The summed E-state index contributed by atoms with van der Waals surface area (Å²) in [5, 5.41) is 0. The van der Waals surface area contributed by atoms with Gasteiger partial charge in [-0.25, -0.2) is 13.1 Å². The third-order valence-electron chi connectivity index (χ3n) is 1.57. The number of nitrogens with one attached hydrogen (secondary N) is 1. The van der Waals surface area contributed by atoms with Gasteiger partial charge in [0.05, 0.1) is 12.4 Å². The number of rotatable bonds is 2. The van der Waals surface area contributed by atoms with Crippen molar-refractivity contribution < 1.29 is 17.9 Å². The molecule has 0 radical (unpaired) electrons. The van der Waals surface area contributed by atoms with Gasteiger partial charge in [0.2, 0.25) is 10.0 Å². The lowest BCUT2D eigenvalue weighted by atomic mass is 10.2. The van der Waals surface area contributed by atoms with Crippen LogP contribution < -0.4 is 4.72 Å². The molecule has 0 aromatic carbocycles. The van der Waals surface area contributed by atoms with E-state index in [1.54, 1.807) is 6.92 Å². The van der Waals surface area contributed by atoms with Gasteiger partial charge >= 0.3 is 5.97 Å². The van der Waals surface area contributed by atoms with Crippen molar-refractivity contribution in [2.75, 3.05) is 12.4 Å². The Labute approximate surface area is 71.1 Å². The fourth-order valence-electron chi connectivity index (χ4n) is 1.02. The minimum atomic E-state index is -3.21. The van der Waals surface area contributed by atoms with Crippen molar-refractivity contribution in [2.24, 2.45) is 0 Å². The molecule has 1 heterocycles. The van der Waals surface area contributed by atoms with Gasteiger partial charge in [0, 0.05) is 0 Å². The van der Waals surface area contributed by atoms with Crippen LogP contribution in [-0.4, -0.2) is 32.8 Å². The number of hydrogen-bond acceptors (Lipinski definition) is 4. The largest absolute Gasteiger partial charge is 0.465 e. The molecule has 1 atom stereocenters. The molecule has 1 fully saturated rings. The zero-order chi connectivity index (χ0) is 9.19. The Balaban J connectivity index is 2.53. The van der Waals surface area contributed by atoms with Crippen LogP contribution in [0.2, 0.25) is 0 Å². The summed E-state index contributed by atoms with van der Waals surface area (Å²) in [7, 11) is -3.21. The summed E-state index contributed by atoms with van der Waals surface area (Å²) < 4.78 is 28.5. The molecule has 1 N–H and O–H groups in total. The highest BCUT2D eigenvalue weighted by molar-refractivity contribution is 7.89. The van der Waals surface area contributed by atoms with Crippen LogP contribution in [-0.2, 0) is 19.6 Å². The maximum absolute atomic E-state index is 11.0. The summed E-state index contributed by atoms with van der Waals surface area (Å²) in [6.45, 7) is 1.96. The molecular formula is C6H11NO4S. The zero-order valence-corrected chi connectivity index (χ0v) is 7.56. The fraction of sp³-hybridized carbons (Fsp3) is 0.833. The second kappa shape index (κ2) is 3.40. The van der Waals surface area contributed by atoms with E-state index < -0.39 is 22.0 Å². The quantitative estimate of drug-likeness (QED) is 0.585. The topological polar surface area (TPSA) is 72.5 Å². The van der Waals surface area contributed by atoms with Crippen molar-refractivity contribution in [1.29, 1.82) is 0 Å². The Morgan fingerprint density at radius 1 is 1.67 bits per heavy atom. The van der Waals surface area contributed by atoms with Gasteiger partial charge in [-0.2, -0.15) is 0 Å². The maximum Gasteiger partial charge on any atom is 0.324 e. The molecule has 1 saturated heterocycles. The molecule has 0 saturated carbocycles. The number of sulfonamides is 1. The van der Waals surface area contributed by atoms with E-state index in [4.69, 9.17) is 0 Å². The normalized spacial score (nSPS) is 26.9. The van der Waals surface area contributed by atoms with Crippen LogP contribution in [0, 0.1) is 0 Å². The van der Waals surface area contributed by atoms with Crippen molar-refractivity contribution in [1.82, 2.24) is 4.72 Å². The number of hydrogen-bond donors (Lipinski definition) is 1. The maximum atomic E-state index is 11.0. The minimum absolute atomic E-state index is 0.0104. The van der Waals surface area contributed by atoms with Crippen LogP contribution in [0.4, 0.5) is 0 Å². The van der Waals surface area contributed by atoms with Gasteiger partial charge in [0.15, 0.2) is 0 Å². The van der Waals surface area contributed by atoms with Crippen molar-refractivity contribution in [2.45, 2.75) is 19.4 Å². The summed E-state index contributed by atoms with van der Waals surface area (Å²) in [4.78, 5) is 11.0. The molecule has 0 aromatic rings. The molecule has 70 valence electrons. The fourth-order valence-corrected chi connectivity index (χ4v) is 2.33. The molecule has 1 aliphatic rings. The summed E-state index contributed by atoms with van der Waals surface area (Å²) in [6, 6.07) is -0.671. The van der Waals surface area contributed by atoms with Gasteiger partial charge in [-0.3, -0.25) is 4.79 Å². The third kappa shape index (κ3) is 2.18. The molecule has 0 unspecified atom stereocenters. The van der Waals surface area contributed by atoms with Crippen molar-refractivity contribution >= 4 is 16.0 Å². The van der Waals surface area contributed by atoms with E-state index in [0.29, 0.717) is 6.42 Å². The Morgan fingerprint density at radius 3 is 2.75 bits per heavy atom. The molecule has 5 nitrogen and oxygen atoms in total. The van der Waals surface area contributed by atoms with Crippen LogP contribution in [0.25, 0.3) is 0 Å². The number of ether oxygens (including phenoxy) is 1. The van der Waals surface area contributed by atoms with Gasteiger partial charge in [-0.1, -0.05) is 0 Å². The van der Waals surface area contributed by atoms with E-state index in [9.17, 15) is 13.2 Å². The lowest BCUT2D eigenvalue weighted by Gasteiger charge is -2.06. The van der Waals surface area contributed by atoms with Crippen LogP contribution in [0.5, 0.6) is 0 Å². The predicted molar refractivity (Wildman–Crippen MR) is 42.0 cm³/mol. The standard InChI is InChI=1S/C6H11NO4S/c1-2-11-6(8)5-3-4-12(9,10)7-5/h5,7H,2-4H2,1H3/t5-/m0/s1. The Hall–Kier alpha value is -0.620. The molecule has 12 heavy (non-hydrogen) atoms. The van der Waals surface area contributed by atoms with E-state index in [1.807, 2.05) is 0 Å². The van der Waals surface area contributed by atoms with Crippen molar-refractivity contribution in [3.8, 4) is 0 Å². The van der Waals surface area contributed by atoms with Gasteiger partial charge in [-0.05, 0) is 13.3 Å².